The molecule has 36 heavy (non-hydrogen) atoms. The molecule has 2 amide bonds. The zero-order valence-electron chi connectivity index (χ0n) is 20.6. The van der Waals surface area contributed by atoms with Crippen LogP contribution < -0.4 is 14.8 Å². The molecule has 1 saturated heterocycles. The van der Waals surface area contributed by atoms with Crippen LogP contribution in [0.5, 0.6) is 17.2 Å². The van der Waals surface area contributed by atoms with E-state index in [-0.39, 0.29) is 18.0 Å². The molecular weight excluding hydrogens is 467 g/mol. The number of aliphatic carboxylic acids is 1. The molecule has 1 aliphatic carbocycles. The monoisotopic (exact) mass is 500 g/mol. The van der Waals surface area contributed by atoms with E-state index in [1.165, 1.54) is 24.3 Å². The van der Waals surface area contributed by atoms with E-state index in [0.29, 0.717) is 74.0 Å². The van der Waals surface area contributed by atoms with Gasteiger partial charge in [0.25, 0.3) is 0 Å². The third-order valence-corrected chi connectivity index (χ3v) is 6.70. The van der Waals surface area contributed by atoms with Gasteiger partial charge in [0.2, 0.25) is 0 Å². The number of benzene rings is 2. The van der Waals surface area contributed by atoms with Crippen LogP contribution in [0.15, 0.2) is 42.5 Å². The number of rotatable bonds is 8. The number of halogens is 1. The third-order valence-electron chi connectivity index (χ3n) is 6.70. The first-order chi connectivity index (χ1) is 17.1. The molecule has 0 aromatic heterocycles. The zero-order valence-corrected chi connectivity index (χ0v) is 20.6. The number of carbonyl (C=O) groups excluding carboxylic acids is 1. The van der Waals surface area contributed by atoms with Crippen molar-refractivity contribution in [3.8, 4) is 17.2 Å². The molecule has 3 N–H and O–H groups in total. The number of carboxylic acids is 1. The molecule has 9 heteroatoms. The van der Waals surface area contributed by atoms with Gasteiger partial charge in [-0.2, -0.15) is 0 Å². The number of urea groups is 1. The van der Waals surface area contributed by atoms with Gasteiger partial charge in [-0.15, -0.1) is 0 Å². The number of amides is 2. The lowest BCUT2D eigenvalue weighted by Crippen LogP contribution is -2.48. The van der Waals surface area contributed by atoms with Crippen molar-refractivity contribution in [1.29, 1.82) is 0 Å². The van der Waals surface area contributed by atoms with Crippen molar-refractivity contribution in [2.45, 2.75) is 57.7 Å². The maximum Gasteiger partial charge on any atom is 0.321 e. The van der Waals surface area contributed by atoms with Crippen LogP contribution in [-0.4, -0.2) is 51.9 Å². The topological polar surface area (TPSA) is 108 Å². The van der Waals surface area contributed by atoms with Crippen molar-refractivity contribution in [1.82, 2.24) is 4.90 Å². The molecule has 0 radical (unpaired) electrons. The molecule has 2 aliphatic rings. The summed E-state index contributed by atoms with van der Waals surface area (Å²) in [5, 5.41) is 22.8. The standard InChI is InChI=1S/C27H33FN2O6/c1-17(2)16-27(34)7-9-30(10-8-27)26(33)29-20-13-23(35-21-5-3-19(28)4-6-21)15-24(14-20)36-22-11-18(12-22)25(31)32/h3-6,13-15,17-18,22,34H,7-12,16H2,1-2H3,(H,29,33)(H,31,32). The number of carbonyl (C=O) groups is 2. The van der Waals surface area contributed by atoms with Gasteiger partial charge in [-0.3, -0.25) is 4.79 Å². The van der Waals surface area contributed by atoms with Crippen molar-refractivity contribution < 1.29 is 33.7 Å². The summed E-state index contributed by atoms with van der Waals surface area (Å²) in [5.74, 6) is -0.0244. The highest BCUT2D eigenvalue weighted by Gasteiger charge is 2.36. The Morgan fingerprint density at radius 1 is 1.08 bits per heavy atom. The van der Waals surface area contributed by atoms with E-state index < -0.39 is 17.5 Å². The minimum Gasteiger partial charge on any atom is -0.490 e. The Balaban J connectivity index is 1.45. The average molecular weight is 501 g/mol. The van der Waals surface area contributed by atoms with Gasteiger partial charge in [0.15, 0.2) is 0 Å². The number of anilines is 1. The number of nitrogens with zero attached hydrogens (tertiary/aromatic N) is 1. The van der Waals surface area contributed by atoms with Crippen LogP contribution in [0.25, 0.3) is 0 Å². The lowest BCUT2D eigenvalue weighted by atomic mass is 9.82. The molecule has 8 nitrogen and oxygen atoms in total. The quantitative estimate of drug-likeness (QED) is 0.456. The van der Waals surface area contributed by atoms with Gasteiger partial charge >= 0.3 is 12.0 Å². The van der Waals surface area contributed by atoms with Gasteiger partial charge < -0.3 is 29.9 Å². The second kappa shape index (κ2) is 10.7. The van der Waals surface area contributed by atoms with Crippen LogP contribution in [0.2, 0.25) is 0 Å². The number of hydrogen-bond donors (Lipinski definition) is 3. The predicted molar refractivity (Wildman–Crippen MR) is 132 cm³/mol. The first-order valence-corrected chi connectivity index (χ1v) is 12.3. The van der Waals surface area contributed by atoms with Crippen molar-refractivity contribution in [3.05, 3.63) is 48.3 Å². The molecule has 4 rings (SSSR count). The second-order valence-corrected chi connectivity index (χ2v) is 10.2. The van der Waals surface area contributed by atoms with Crippen LogP contribution in [0.1, 0.15) is 46.0 Å². The van der Waals surface area contributed by atoms with E-state index in [1.54, 1.807) is 23.1 Å². The fraction of sp³-hybridized carbons (Fsp3) is 0.481. The lowest BCUT2D eigenvalue weighted by Gasteiger charge is -2.39. The Hall–Kier alpha value is -3.33. The smallest absolute Gasteiger partial charge is 0.321 e. The number of likely N-dealkylation sites (tertiary alicyclic amines) is 1. The molecule has 0 atom stereocenters. The van der Waals surface area contributed by atoms with E-state index >= 15 is 0 Å². The van der Waals surface area contributed by atoms with Crippen molar-refractivity contribution in [2.24, 2.45) is 11.8 Å². The van der Waals surface area contributed by atoms with Gasteiger partial charge in [-0.1, -0.05) is 13.8 Å². The Morgan fingerprint density at radius 2 is 1.72 bits per heavy atom. The average Bonchev–Trinajstić information content (AvgIpc) is 2.77. The van der Waals surface area contributed by atoms with Gasteiger partial charge in [-0.05, 0) is 62.3 Å². The van der Waals surface area contributed by atoms with Crippen molar-refractivity contribution in [2.75, 3.05) is 18.4 Å². The molecule has 1 aliphatic heterocycles. The van der Waals surface area contributed by atoms with Gasteiger partial charge in [-0.25, -0.2) is 9.18 Å². The fourth-order valence-electron chi connectivity index (χ4n) is 4.76. The van der Waals surface area contributed by atoms with E-state index in [2.05, 4.69) is 19.2 Å². The van der Waals surface area contributed by atoms with E-state index in [1.807, 2.05) is 0 Å². The van der Waals surface area contributed by atoms with Gasteiger partial charge in [0, 0.05) is 37.0 Å². The summed E-state index contributed by atoms with van der Waals surface area (Å²) < 4.78 is 25.1. The maximum absolute atomic E-state index is 13.3. The molecule has 1 heterocycles. The molecule has 2 aromatic carbocycles. The number of nitrogens with one attached hydrogen (secondary N) is 1. The molecule has 1 saturated carbocycles. The van der Waals surface area contributed by atoms with Crippen LogP contribution in [-0.2, 0) is 4.79 Å². The number of hydrogen-bond acceptors (Lipinski definition) is 5. The molecular formula is C27H33FN2O6. The van der Waals surface area contributed by atoms with Crippen LogP contribution in [0, 0.1) is 17.7 Å². The third kappa shape index (κ3) is 6.66. The Bertz CT molecular complexity index is 1080. The van der Waals surface area contributed by atoms with E-state index in [0.717, 1.165) is 0 Å². The molecule has 0 spiro atoms. The summed E-state index contributed by atoms with van der Waals surface area (Å²) in [5.41, 5.74) is -0.294. The Kier molecular flexibility index (Phi) is 7.68. The highest BCUT2D eigenvalue weighted by molar-refractivity contribution is 5.90. The maximum atomic E-state index is 13.3. The number of aliphatic hydroxyl groups is 1. The largest absolute Gasteiger partial charge is 0.490 e. The molecule has 0 bridgehead atoms. The Labute approximate surface area is 210 Å². The second-order valence-electron chi connectivity index (χ2n) is 10.2. The van der Waals surface area contributed by atoms with E-state index in [4.69, 9.17) is 14.6 Å². The molecule has 2 fully saturated rings. The van der Waals surface area contributed by atoms with Crippen molar-refractivity contribution in [3.63, 3.8) is 0 Å². The lowest BCUT2D eigenvalue weighted by molar-refractivity contribution is -0.147. The summed E-state index contributed by atoms with van der Waals surface area (Å²) >= 11 is 0. The highest BCUT2D eigenvalue weighted by atomic mass is 19.1. The Morgan fingerprint density at radius 3 is 2.33 bits per heavy atom. The van der Waals surface area contributed by atoms with Gasteiger partial charge in [0.1, 0.15) is 29.2 Å². The summed E-state index contributed by atoms with van der Waals surface area (Å²) in [7, 11) is 0. The molecule has 0 unspecified atom stereocenters. The van der Waals surface area contributed by atoms with Crippen LogP contribution >= 0.6 is 0 Å². The van der Waals surface area contributed by atoms with Gasteiger partial charge in [0.05, 0.1) is 11.5 Å². The first-order valence-electron chi connectivity index (χ1n) is 12.3. The van der Waals surface area contributed by atoms with Crippen LogP contribution in [0.3, 0.4) is 0 Å². The van der Waals surface area contributed by atoms with E-state index in [9.17, 15) is 19.1 Å². The fourth-order valence-corrected chi connectivity index (χ4v) is 4.76. The number of ether oxygens (including phenoxy) is 2. The molecule has 194 valence electrons. The highest BCUT2D eigenvalue weighted by Crippen LogP contribution is 2.36. The number of piperidine rings is 1. The SMILES string of the molecule is CC(C)CC1(O)CCN(C(=O)Nc2cc(Oc3ccc(F)cc3)cc(OC3CC(C(=O)O)C3)c2)CC1. The molecule has 2 aromatic rings. The zero-order chi connectivity index (χ0) is 25.9. The van der Waals surface area contributed by atoms with Crippen LogP contribution in [0.4, 0.5) is 14.9 Å². The number of carboxylic acid groups (broad SMARTS) is 1. The van der Waals surface area contributed by atoms with Crippen molar-refractivity contribution >= 4 is 17.7 Å². The predicted octanol–water partition coefficient (Wildman–Crippen LogP) is 5.26. The summed E-state index contributed by atoms with van der Waals surface area (Å²) in [6.07, 6.45) is 2.33. The summed E-state index contributed by atoms with van der Waals surface area (Å²) in [6.45, 7) is 5.04. The first kappa shape index (κ1) is 25.8. The summed E-state index contributed by atoms with van der Waals surface area (Å²) in [4.78, 5) is 25.8. The minimum absolute atomic E-state index is 0.239. The summed E-state index contributed by atoms with van der Waals surface area (Å²) in [6, 6.07) is 10.2. The normalized spacial score (nSPS) is 21.0. The minimum atomic E-state index is -0.835.